The first-order chi connectivity index (χ1) is 11.8. The zero-order valence-corrected chi connectivity index (χ0v) is 14.7. The molecule has 1 aliphatic rings. The summed E-state index contributed by atoms with van der Waals surface area (Å²) in [4.78, 5) is 11.9. The fraction of sp³-hybridized carbons (Fsp3) is 0.667. The molecule has 2 N–H and O–H groups in total. The van der Waals surface area contributed by atoms with Crippen molar-refractivity contribution in [2.75, 3.05) is 39.4 Å². The molecule has 1 fully saturated rings. The van der Waals surface area contributed by atoms with Gasteiger partial charge in [-0.2, -0.15) is 0 Å². The van der Waals surface area contributed by atoms with Gasteiger partial charge in [0.05, 0.1) is 6.61 Å². The van der Waals surface area contributed by atoms with Crippen LogP contribution in [0.5, 0.6) is 0 Å². The Kier molecular flexibility index (Phi) is 6.18. The van der Waals surface area contributed by atoms with E-state index in [0.717, 1.165) is 62.7 Å². The molecule has 132 valence electrons. The number of nitrogens with two attached hydrogens (primary N) is 1. The maximum Gasteiger partial charge on any atom is 0.160 e. The first kappa shape index (κ1) is 17.3. The Morgan fingerprint density at radius 1 is 1.29 bits per heavy atom. The predicted octanol–water partition coefficient (Wildman–Crippen LogP) is 1.68. The maximum atomic E-state index is 5.66. The Bertz CT molecular complexity index is 633. The molecule has 3 rings (SSSR count). The van der Waals surface area contributed by atoms with Crippen LogP contribution in [0.15, 0.2) is 18.3 Å². The Hall–Kier alpha value is -1.50. The van der Waals surface area contributed by atoms with Gasteiger partial charge in [0.25, 0.3) is 0 Å². The van der Waals surface area contributed by atoms with Gasteiger partial charge in [0.1, 0.15) is 11.3 Å². The van der Waals surface area contributed by atoms with E-state index in [4.69, 9.17) is 15.5 Å². The van der Waals surface area contributed by atoms with Crippen molar-refractivity contribution >= 4 is 11.2 Å². The molecule has 0 bridgehead atoms. The highest BCUT2D eigenvalue weighted by Crippen LogP contribution is 2.23. The molecular weight excluding hydrogens is 302 g/mol. The fourth-order valence-corrected chi connectivity index (χ4v) is 3.55. The van der Waals surface area contributed by atoms with E-state index < -0.39 is 0 Å². The highest BCUT2D eigenvalue weighted by atomic mass is 16.5. The Balaban J connectivity index is 1.70. The van der Waals surface area contributed by atoms with E-state index in [1.165, 1.54) is 12.8 Å². The second-order valence-electron chi connectivity index (χ2n) is 6.50. The molecule has 6 heteroatoms. The van der Waals surface area contributed by atoms with Crippen molar-refractivity contribution in [1.29, 1.82) is 0 Å². The van der Waals surface area contributed by atoms with E-state index in [2.05, 4.69) is 14.5 Å². The number of rotatable bonds is 8. The third-order valence-electron chi connectivity index (χ3n) is 4.87. The van der Waals surface area contributed by atoms with Crippen LogP contribution < -0.4 is 5.73 Å². The molecule has 0 amide bonds. The molecule has 0 radical (unpaired) electrons. The van der Waals surface area contributed by atoms with E-state index in [0.29, 0.717) is 12.5 Å². The van der Waals surface area contributed by atoms with Crippen molar-refractivity contribution in [3.63, 3.8) is 0 Å². The predicted molar refractivity (Wildman–Crippen MR) is 95.9 cm³/mol. The van der Waals surface area contributed by atoms with Crippen molar-refractivity contribution in [1.82, 2.24) is 19.4 Å². The number of likely N-dealkylation sites (tertiary alicyclic amines) is 1. The van der Waals surface area contributed by atoms with Crippen LogP contribution in [0.2, 0.25) is 0 Å². The van der Waals surface area contributed by atoms with Crippen molar-refractivity contribution < 1.29 is 4.74 Å². The summed E-state index contributed by atoms with van der Waals surface area (Å²) >= 11 is 0. The number of hydrogen-bond acceptors (Lipinski definition) is 5. The number of hydrogen-bond donors (Lipinski definition) is 1. The smallest absolute Gasteiger partial charge is 0.160 e. The van der Waals surface area contributed by atoms with E-state index in [1.54, 1.807) is 0 Å². The SMILES string of the molecule is CCOCCn1c(CC2CCN(CCN)CC2)nc2cccnc21. The van der Waals surface area contributed by atoms with Gasteiger partial charge in [0, 0.05) is 38.9 Å². The molecule has 0 aromatic carbocycles. The lowest BCUT2D eigenvalue weighted by molar-refractivity contribution is 0.138. The van der Waals surface area contributed by atoms with Crippen molar-refractivity contribution in [3.8, 4) is 0 Å². The van der Waals surface area contributed by atoms with Crippen LogP contribution in [0.25, 0.3) is 11.2 Å². The topological polar surface area (TPSA) is 69.2 Å². The first-order valence-corrected chi connectivity index (χ1v) is 9.12. The second kappa shape index (κ2) is 8.55. The first-order valence-electron chi connectivity index (χ1n) is 9.12. The van der Waals surface area contributed by atoms with E-state index in [-0.39, 0.29) is 0 Å². The van der Waals surface area contributed by atoms with E-state index in [9.17, 15) is 0 Å². The standard InChI is InChI=1S/C18H29N5O/c1-2-24-13-12-23-17(21-16-4-3-8-20-18(16)23)14-15-5-9-22(10-6-15)11-7-19/h3-4,8,15H,2,5-7,9-14,19H2,1H3. The summed E-state index contributed by atoms with van der Waals surface area (Å²) in [5.74, 6) is 1.85. The minimum absolute atomic E-state index is 0.696. The number of piperidine rings is 1. The number of pyridine rings is 1. The molecule has 1 saturated heterocycles. The zero-order chi connectivity index (χ0) is 16.8. The van der Waals surface area contributed by atoms with Gasteiger partial charge in [0.15, 0.2) is 5.65 Å². The summed E-state index contributed by atoms with van der Waals surface area (Å²) in [6, 6.07) is 4.00. The molecule has 0 saturated carbocycles. The Morgan fingerprint density at radius 2 is 2.12 bits per heavy atom. The highest BCUT2D eigenvalue weighted by Gasteiger charge is 2.22. The maximum absolute atomic E-state index is 5.66. The normalized spacial score (nSPS) is 16.9. The van der Waals surface area contributed by atoms with Gasteiger partial charge >= 0.3 is 0 Å². The zero-order valence-electron chi connectivity index (χ0n) is 14.7. The number of imidazole rings is 1. The molecular formula is C18H29N5O. The lowest BCUT2D eigenvalue weighted by atomic mass is 9.93. The highest BCUT2D eigenvalue weighted by molar-refractivity contribution is 5.71. The van der Waals surface area contributed by atoms with E-state index >= 15 is 0 Å². The van der Waals surface area contributed by atoms with Crippen molar-refractivity contribution in [2.45, 2.75) is 32.7 Å². The molecule has 3 heterocycles. The molecule has 2 aromatic heterocycles. The average molecular weight is 331 g/mol. The third kappa shape index (κ3) is 4.12. The summed E-state index contributed by atoms with van der Waals surface area (Å²) < 4.78 is 7.79. The van der Waals surface area contributed by atoms with Gasteiger partial charge in [-0.3, -0.25) is 0 Å². The molecule has 0 unspecified atom stereocenters. The van der Waals surface area contributed by atoms with Crippen LogP contribution in [0.1, 0.15) is 25.6 Å². The van der Waals surface area contributed by atoms with Crippen LogP contribution in [0, 0.1) is 5.92 Å². The molecule has 6 nitrogen and oxygen atoms in total. The minimum Gasteiger partial charge on any atom is -0.380 e. The third-order valence-corrected chi connectivity index (χ3v) is 4.87. The van der Waals surface area contributed by atoms with Crippen LogP contribution in [0.3, 0.4) is 0 Å². The number of fused-ring (bicyclic) bond motifs is 1. The molecule has 0 atom stereocenters. The summed E-state index contributed by atoms with van der Waals surface area (Å²) in [5.41, 5.74) is 7.63. The van der Waals surface area contributed by atoms with Crippen LogP contribution in [0.4, 0.5) is 0 Å². The minimum atomic E-state index is 0.696. The molecule has 0 aliphatic carbocycles. The molecule has 0 spiro atoms. The number of ether oxygens (including phenoxy) is 1. The summed E-state index contributed by atoms with van der Waals surface area (Å²) in [6.45, 7) is 8.38. The Morgan fingerprint density at radius 3 is 2.88 bits per heavy atom. The van der Waals surface area contributed by atoms with E-state index in [1.807, 2.05) is 25.3 Å². The Labute approximate surface area is 144 Å². The molecule has 24 heavy (non-hydrogen) atoms. The largest absolute Gasteiger partial charge is 0.380 e. The van der Waals surface area contributed by atoms with Crippen molar-refractivity contribution in [2.24, 2.45) is 11.7 Å². The van der Waals surface area contributed by atoms with Crippen molar-refractivity contribution in [3.05, 3.63) is 24.2 Å². The van der Waals surface area contributed by atoms with Gasteiger partial charge in [-0.1, -0.05) is 0 Å². The number of aromatic nitrogens is 3. The number of nitrogens with zero attached hydrogens (tertiary/aromatic N) is 4. The quantitative estimate of drug-likeness (QED) is 0.745. The van der Waals surface area contributed by atoms with Gasteiger partial charge < -0.3 is 19.9 Å². The fourth-order valence-electron chi connectivity index (χ4n) is 3.55. The summed E-state index contributed by atoms with van der Waals surface area (Å²) in [6.07, 6.45) is 5.32. The second-order valence-corrected chi connectivity index (χ2v) is 6.50. The summed E-state index contributed by atoms with van der Waals surface area (Å²) in [5, 5.41) is 0. The summed E-state index contributed by atoms with van der Waals surface area (Å²) in [7, 11) is 0. The van der Waals surface area contributed by atoms with Gasteiger partial charge in [-0.15, -0.1) is 0 Å². The lowest BCUT2D eigenvalue weighted by Crippen LogP contribution is -2.37. The lowest BCUT2D eigenvalue weighted by Gasteiger charge is -2.31. The molecule has 2 aromatic rings. The van der Waals surface area contributed by atoms with Crippen LogP contribution in [-0.2, 0) is 17.7 Å². The monoisotopic (exact) mass is 331 g/mol. The molecule has 1 aliphatic heterocycles. The van der Waals surface area contributed by atoms with Crippen LogP contribution in [-0.4, -0.2) is 58.8 Å². The van der Waals surface area contributed by atoms with Crippen LogP contribution >= 0.6 is 0 Å². The van der Waals surface area contributed by atoms with Gasteiger partial charge in [-0.25, -0.2) is 9.97 Å². The van der Waals surface area contributed by atoms with Gasteiger partial charge in [-0.05, 0) is 50.9 Å². The van der Waals surface area contributed by atoms with Gasteiger partial charge in [0.2, 0.25) is 0 Å². The average Bonchev–Trinajstić information content (AvgIpc) is 2.95.